The number of hydrogen-bond donors (Lipinski definition) is 2. The van der Waals surface area contributed by atoms with E-state index in [4.69, 9.17) is 4.74 Å². The lowest BCUT2D eigenvalue weighted by Gasteiger charge is -2.25. The Morgan fingerprint density at radius 3 is 2.55 bits per heavy atom. The van der Waals surface area contributed by atoms with Gasteiger partial charge in [0.05, 0.1) is 12.8 Å². The average Bonchev–Trinajstić information content (AvgIpc) is 2.46. The van der Waals surface area contributed by atoms with Gasteiger partial charge in [-0.05, 0) is 30.7 Å². The first-order chi connectivity index (χ1) is 9.53. The number of hydrogen-bond acceptors (Lipinski definition) is 3. The third kappa shape index (κ3) is 3.52. The highest BCUT2D eigenvalue weighted by molar-refractivity contribution is 9.10. The van der Waals surface area contributed by atoms with E-state index in [1.54, 1.807) is 14.0 Å². The lowest BCUT2D eigenvalue weighted by atomic mass is 9.96. The summed E-state index contributed by atoms with van der Waals surface area (Å²) in [7, 11) is 1.63. The van der Waals surface area contributed by atoms with Crippen LogP contribution in [-0.4, -0.2) is 18.8 Å². The molecule has 4 heteroatoms. The topological polar surface area (TPSA) is 41.5 Å². The van der Waals surface area contributed by atoms with Gasteiger partial charge >= 0.3 is 0 Å². The van der Waals surface area contributed by atoms with Crippen LogP contribution in [0.15, 0.2) is 53.0 Å². The maximum Gasteiger partial charge on any atom is 0.142 e. The van der Waals surface area contributed by atoms with Crippen molar-refractivity contribution in [2.45, 2.75) is 12.5 Å². The van der Waals surface area contributed by atoms with Crippen LogP contribution in [0.2, 0.25) is 0 Å². The molecular weight excluding hydrogens is 318 g/mol. The summed E-state index contributed by atoms with van der Waals surface area (Å²) in [5.74, 6) is 0.747. The number of nitrogens with one attached hydrogen (secondary N) is 1. The van der Waals surface area contributed by atoms with Crippen molar-refractivity contribution >= 4 is 21.6 Å². The summed E-state index contributed by atoms with van der Waals surface area (Å²) in [6, 6.07) is 15.3. The Hall–Kier alpha value is -1.52. The molecule has 0 aromatic heterocycles. The summed E-state index contributed by atoms with van der Waals surface area (Å²) in [6.45, 7) is 2.18. The second-order valence-electron chi connectivity index (χ2n) is 4.84. The molecule has 1 atom stereocenters. The normalized spacial score (nSPS) is 13.6. The van der Waals surface area contributed by atoms with Gasteiger partial charge in [-0.2, -0.15) is 0 Å². The van der Waals surface area contributed by atoms with E-state index in [-0.39, 0.29) is 0 Å². The van der Waals surface area contributed by atoms with Gasteiger partial charge in [0.15, 0.2) is 0 Å². The van der Waals surface area contributed by atoms with Gasteiger partial charge < -0.3 is 15.2 Å². The highest BCUT2D eigenvalue weighted by Gasteiger charge is 2.22. The molecule has 0 aliphatic rings. The first kappa shape index (κ1) is 14.9. The Bertz CT molecular complexity index is 570. The minimum Gasteiger partial charge on any atom is -0.495 e. The number of rotatable bonds is 5. The number of methoxy groups -OCH3 is 1. The largest absolute Gasteiger partial charge is 0.495 e. The number of anilines is 1. The molecule has 0 saturated carbocycles. The van der Waals surface area contributed by atoms with Gasteiger partial charge in [-0.3, -0.25) is 0 Å². The van der Waals surface area contributed by atoms with E-state index in [0.717, 1.165) is 21.5 Å². The van der Waals surface area contributed by atoms with Crippen molar-refractivity contribution in [2.24, 2.45) is 0 Å². The lowest BCUT2D eigenvalue weighted by Crippen LogP contribution is -2.30. The van der Waals surface area contributed by atoms with Crippen LogP contribution in [0.5, 0.6) is 5.75 Å². The molecule has 0 heterocycles. The predicted molar refractivity (Wildman–Crippen MR) is 85.2 cm³/mol. The van der Waals surface area contributed by atoms with E-state index in [1.165, 1.54) is 0 Å². The van der Waals surface area contributed by atoms with Crippen LogP contribution in [0.25, 0.3) is 0 Å². The fourth-order valence-corrected chi connectivity index (χ4v) is 2.35. The maximum absolute atomic E-state index is 10.6. The molecule has 0 aliphatic heterocycles. The summed E-state index contributed by atoms with van der Waals surface area (Å²) >= 11 is 3.43. The Morgan fingerprint density at radius 1 is 1.20 bits per heavy atom. The van der Waals surface area contributed by atoms with Crippen LogP contribution < -0.4 is 10.1 Å². The zero-order valence-corrected chi connectivity index (χ0v) is 13.1. The van der Waals surface area contributed by atoms with E-state index in [1.807, 2.05) is 48.5 Å². The molecule has 2 aromatic rings. The van der Waals surface area contributed by atoms with E-state index in [2.05, 4.69) is 21.2 Å². The molecule has 20 heavy (non-hydrogen) atoms. The molecular formula is C16H18BrNO2. The Balaban J connectivity index is 2.14. The monoisotopic (exact) mass is 335 g/mol. The number of ether oxygens (including phenoxy) is 1. The number of aliphatic hydroxyl groups is 1. The van der Waals surface area contributed by atoms with Crippen LogP contribution in [-0.2, 0) is 5.60 Å². The molecule has 106 valence electrons. The summed E-state index contributed by atoms with van der Waals surface area (Å²) in [5.41, 5.74) is 0.772. The van der Waals surface area contributed by atoms with Crippen LogP contribution in [0.4, 0.5) is 5.69 Å². The van der Waals surface area contributed by atoms with Crippen molar-refractivity contribution in [3.8, 4) is 5.75 Å². The highest BCUT2D eigenvalue weighted by Crippen LogP contribution is 2.29. The van der Waals surface area contributed by atoms with Gasteiger partial charge in [-0.1, -0.05) is 46.3 Å². The van der Waals surface area contributed by atoms with Gasteiger partial charge in [0.25, 0.3) is 0 Å². The van der Waals surface area contributed by atoms with Crippen molar-refractivity contribution in [2.75, 3.05) is 19.0 Å². The van der Waals surface area contributed by atoms with Gasteiger partial charge in [-0.25, -0.2) is 0 Å². The predicted octanol–water partition coefficient (Wildman–Crippen LogP) is 3.78. The molecule has 0 aliphatic carbocycles. The zero-order chi connectivity index (χ0) is 14.6. The summed E-state index contributed by atoms with van der Waals surface area (Å²) in [5, 5.41) is 13.8. The molecule has 3 nitrogen and oxygen atoms in total. The zero-order valence-electron chi connectivity index (χ0n) is 11.6. The fourth-order valence-electron chi connectivity index (χ4n) is 1.98. The third-order valence-electron chi connectivity index (χ3n) is 3.18. The average molecular weight is 336 g/mol. The Morgan fingerprint density at radius 2 is 1.90 bits per heavy atom. The second-order valence-corrected chi connectivity index (χ2v) is 5.75. The Labute approximate surface area is 127 Å². The van der Waals surface area contributed by atoms with Crippen LogP contribution >= 0.6 is 15.9 Å². The molecule has 0 fully saturated rings. The summed E-state index contributed by atoms with van der Waals surface area (Å²) in [6.07, 6.45) is 0. The fraction of sp³-hybridized carbons (Fsp3) is 0.250. The van der Waals surface area contributed by atoms with Crippen LogP contribution in [0.1, 0.15) is 12.5 Å². The van der Waals surface area contributed by atoms with Crippen molar-refractivity contribution in [1.82, 2.24) is 0 Å². The molecule has 2 aromatic carbocycles. The first-order valence-electron chi connectivity index (χ1n) is 6.38. The van der Waals surface area contributed by atoms with Gasteiger partial charge in [0, 0.05) is 11.0 Å². The minimum absolute atomic E-state index is 0.393. The van der Waals surface area contributed by atoms with Crippen LogP contribution in [0.3, 0.4) is 0 Å². The summed E-state index contributed by atoms with van der Waals surface area (Å²) < 4.78 is 6.26. The van der Waals surface area contributed by atoms with Gasteiger partial charge in [0.1, 0.15) is 11.4 Å². The molecule has 0 bridgehead atoms. The van der Waals surface area contributed by atoms with Crippen molar-refractivity contribution in [1.29, 1.82) is 0 Å². The molecule has 0 spiro atoms. The standard InChI is InChI=1S/C16H18BrNO2/c1-16(19,12-6-4-3-5-7-12)11-18-14-10-13(17)8-9-15(14)20-2/h3-10,18-19H,11H2,1-2H3. The molecule has 0 radical (unpaired) electrons. The SMILES string of the molecule is COc1ccc(Br)cc1NCC(C)(O)c1ccccc1. The minimum atomic E-state index is -0.950. The molecule has 2 N–H and O–H groups in total. The first-order valence-corrected chi connectivity index (χ1v) is 7.17. The van der Waals surface area contributed by atoms with E-state index < -0.39 is 5.60 Å². The van der Waals surface area contributed by atoms with Crippen molar-refractivity contribution in [3.05, 3.63) is 58.6 Å². The second kappa shape index (κ2) is 6.29. The number of benzene rings is 2. The van der Waals surface area contributed by atoms with Gasteiger partial charge in [0.2, 0.25) is 0 Å². The summed E-state index contributed by atoms with van der Waals surface area (Å²) in [4.78, 5) is 0. The quantitative estimate of drug-likeness (QED) is 0.873. The van der Waals surface area contributed by atoms with Crippen molar-refractivity contribution in [3.63, 3.8) is 0 Å². The molecule has 0 amide bonds. The molecule has 1 unspecified atom stereocenters. The lowest BCUT2D eigenvalue weighted by molar-refractivity contribution is 0.0715. The third-order valence-corrected chi connectivity index (χ3v) is 3.67. The highest BCUT2D eigenvalue weighted by atomic mass is 79.9. The maximum atomic E-state index is 10.6. The smallest absolute Gasteiger partial charge is 0.142 e. The van der Waals surface area contributed by atoms with E-state index in [9.17, 15) is 5.11 Å². The Kier molecular flexibility index (Phi) is 4.68. The van der Waals surface area contributed by atoms with E-state index in [0.29, 0.717) is 6.54 Å². The number of halogens is 1. The molecule has 2 rings (SSSR count). The molecule has 0 saturated heterocycles. The van der Waals surface area contributed by atoms with E-state index >= 15 is 0 Å². The van der Waals surface area contributed by atoms with Crippen LogP contribution in [0, 0.1) is 0 Å². The van der Waals surface area contributed by atoms with Gasteiger partial charge in [-0.15, -0.1) is 0 Å². The van der Waals surface area contributed by atoms with Crippen molar-refractivity contribution < 1.29 is 9.84 Å².